The second-order valence-corrected chi connectivity index (χ2v) is 10.5. The highest BCUT2D eigenvalue weighted by atomic mass is 32.2. The number of pyridine rings is 2. The molecule has 3 aromatic rings. The summed E-state index contributed by atoms with van der Waals surface area (Å²) in [7, 11) is 0. The second-order valence-electron chi connectivity index (χ2n) is 9.44. The Morgan fingerprint density at radius 3 is 2.44 bits per heavy atom. The number of piperidine rings is 1. The topological polar surface area (TPSA) is 113 Å². The first-order valence-electron chi connectivity index (χ1n) is 12.5. The summed E-state index contributed by atoms with van der Waals surface area (Å²) in [5.41, 5.74) is -0.738. The summed E-state index contributed by atoms with van der Waals surface area (Å²) in [6.07, 6.45) is -0.0755. The van der Waals surface area contributed by atoms with Crippen molar-refractivity contribution in [2.75, 3.05) is 24.5 Å². The zero-order valence-electron chi connectivity index (χ0n) is 21.2. The Morgan fingerprint density at radius 2 is 1.78 bits per heavy atom. The normalized spacial score (nSPS) is 17.4. The summed E-state index contributed by atoms with van der Waals surface area (Å²) < 4.78 is 67.6. The van der Waals surface area contributed by atoms with Crippen molar-refractivity contribution in [3.8, 4) is 11.3 Å². The summed E-state index contributed by atoms with van der Waals surface area (Å²) >= 11 is 0.807. The van der Waals surface area contributed by atoms with Crippen LogP contribution >= 0.6 is 11.8 Å². The van der Waals surface area contributed by atoms with Gasteiger partial charge >= 0.3 is 6.18 Å². The molecule has 2 amide bonds. The van der Waals surface area contributed by atoms with E-state index in [1.165, 1.54) is 12.1 Å². The van der Waals surface area contributed by atoms with Gasteiger partial charge in [-0.15, -0.1) is 0 Å². The molecule has 2 aliphatic rings. The lowest BCUT2D eigenvalue weighted by Crippen LogP contribution is -2.38. The Balaban J connectivity index is 1.18. The Hall–Kier alpha value is -3.98. The standard InChI is InChI=1S/C26H22F5N7O2S/c27-21-9-16(10-22(28)36-21)18-7-15(8-20(35-18)26(29,30)31)13-32-12-14-2-5-38(6-3-14)24-33-4-1-17(34-24)11-19-23(39)37-25(40)41-19/h1,4,7-11,14,32H,2-3,5-6,12-13H2,(H,37,39,40). The first kappa shape index (κ1) is 28.5. The van der Waals surface area contributed by atoms with Gasteiger partial charge in [-0.2, -0.15) is 26.9 Å². The van der Waals surface area contributed by atoms with Gasteiger partial charge in [0.1, 0.15) is 5.69 Å². The van der Waals surface area contributed by atoms with Crippen LogP contribution < -0.4 is 15.5 Å². The lowest BCUT2D eigenvalue weighted by Gasteiger charge is -2.32. The number of anilines is 1. The number of nitrogens with one attached hydrogen (secondary N) is 2. The molecule has 0 aromatic carbocycles. The van der Waals surface area contributed by atoms with E-state index in [1.807, 2.05) is 4.90 Å². The Bertz CT molecular complexity index is 1490. The lowest BCUT2D eigenvalue weighted by molar-refractivity contribution is -0.141. The van der Waals surface area contributed by atoms with Crippen molar-refractivity contribution in [1.82, 2.24) is 30.6 Å². The zero-order valence-corrected chi connectivity index (χ0v) is 22.0. The molecule has 0 radical (unpaired) electrons. The highest BCUT2D eigenvalue weighted by Gasteiger charge is 2.33. The van der Waals surface area contributed by atoms with E-state index in [9.17, 15) is 31.5 Å². The summed E-state index contributed by atoms with van der Waals surface area (Å²) in [4.78, 5) is 40.8. The van der Waals surface area contributed by atoms with E-state index >= 15 is 0 Å². The molecule has 5 heterocycles. The molecule has 2 N–H and O–H groups in total. The predicted molar refractivity (Wildman–Crippen MR) is 140 cm³/mol. The van der Waals surface area contributed by atoms with Crippen LogP contribution in [0.1, 0.15) is 29.8 Å². The van der Waals surface area contributed by atoms with Crippen molar-refractivity contribution in [3.63, 3.8) is 0 Å². The number of hydrogen-bond acceptors (Lipinski definition) is 9. The maximum atomic E-state index is 13.6. The van der Waals surface area contributed by atoms with E-state index in [4.69, 9.17) is 0 Å². The second kappa shape index (κ2) is 11.9. The van der Waals surface area contributed by atoms with E-state index in [-0.39, 0.29) is 34.2 Å². The van der Waals surface area contributed by atoms with Gasteiger partial charge in [-0.05, 0) is 66.9 Å². The zero-order chi connectivity index (χ0) is 29.1. The van der Waals surface area contributed by atoms with Gasteiger partial charge in [-0.3, -0.25) is 14.9 Å². The fourth-order valence-electron chi connectivity index (χ4n) is 4.50. The van der Waals surface area contributed by atoms with Crippen LogP contribution in [-0.2, 0) is 17.5 Å². The molecule has 9 nitrogen and oxygen atoms in total. The first-order chi connectivity index (χ1) is 19.5. The van der Waals surface area contributed by atoms with E-state index in [2.05, 4.69) is 30.6 Å². The fraction of sp³-hybridized carbons (Fsp3) is 0.308. The van der Waals surface area contributed by atoms with Crippen molar-refractivity contribution in [1.29, 1.82) is 0 Å². The third-order valence-corrected chi connectivity index (χ3v) is 7.29. The molecule has 0 unspecified atom stereocenters. The number of alkyl halides is 3. The number of nitrogens with zero attached hydrogens (tertiary/aromatic N) is 5. The highest BCUT2D eigenvalue weighted by Crippen LogP contribution is 2.31. The molecule has 0 bridgehead atoms. The van der Waals surface area contributed by atoms with E-state index < -0.39 is 34.9 Å². The average molecular weight is 592 g/mol. The van der Waals surface area contributed by atoms with Crippen LogP contribution in [-0.4, -0.2) is 50.7 Å². The average Bonchev–Trinajstić information content (AvgIpc) is 3.24. The number of hydrogen-bond donors (Lipinski definition) is 2. The fourth-order valence-corrected chi connectivity index (χ4v) is 5.17. The van der Waals surface area contributed by atoms with Gasteiger partial charge < -0.3 is 10.2 Å². The predicted octanol–water partition coefficient (Wildman–Crippen LogP) is 4.56. The largest absolute Gasteiger partial charge is 0.433 e. The number of thioether (sulfide) groups is 1. The number of aromatic nitrogens is 4. The molecular formula is C26H22F5N7O2S. The molecule has 0 atom stereocenters. The molecular weight excluding hydrogens is 569 g/mol. The maximum absolute atomic E-state index is 13.6. The molecule has 2 saturated heterocycles. The monoisotopic (exact) mass is 591 g/mol. The third kappa shape index (κ3) is 7.21. The molecule has 15 heteroatoms. The van der Waals surface area contributed by atoms with Crippen molar-refractivity contribution < 1.29 is 31.5 Å². The van der Waals surface area contributed by atoms with Crippen molar-refractivity contribution in [2.45, 2.75) is 25.6 Å². The summed E-state index contributed by atoms with van der Waals surface area (Å²) in [6, 6.07) is 5.58. The molecule has 0 aliphatic carbocycles. The smallest absolute Gasteiger partial charge is 0.341 e. The number of carbonyl (C=O) groups excluding carboxylic acids is 2. The molecule has 5 rings (SSSR count). The Kier molecular flexibility index (Phi) is 8.26. The van der Waals surface area contributed by atoms with Gasteiger partial charge in [0.15, 0.2) is 0 Å². The van der Waals surface area contributed by atoms with Gasteiger partial charge in [0.2, 0.25) is 17.8 Å². The number of imide groups is 1. The van der Waals surface area contributed by atoms with E-state index in [0.29, 0.717) is 31.3 Å². The minimum absolute atomic E-state index is 0.1000. The van der Waals surface area contributed by atoms with Crippen molar-refractivity contribution >= 4 is 34.9 Å². The van der Waals surface area contributed by atoms with Crippen LogP contribution in [0.25, 0.3) is 17.3 Å². The summed E-state index contributed by atoms with van der Waals surface area (Å²) in [5.74, 6) is -2.04. The summed E-state index contributed by atoms with van der Waals surface area (Å²) in [5, 5.41) is 4.94. The molecule has 3 aromatic heterocycles. The molecule has 0 saturated carbocycles. The highest BCUT2D eigenvalue weighted by molar-refractivity contribution is 8.18. The van der Waals surface area contributed by atoms with Gasteiger partial charge in [0.05, 0.1) is 16.3 Å². The van der Waals surface area contributed by atoms with Crippen LogP contribution in [0.4, 0.5) is 32.7 Å². The van der Waals surface area contributed by atoms with E-state index in [0.717, 1.165) is 42.8 Å². The number of amides is 2. The first-order valence-corrected chi connectivity index (χ1v) is 13.3. The SMILES string of the molecule is O=C1NC(=O)C(=Cc2ccnc(N3CCC(CNCc4cc(-c5cc(F)nc(F)c5)nc(C(F)(F)F)c4)CC3)n2)S1. The van der Waals surface area contributed by atoms with Gasteiger partial charge in [0.25, 0.3) is 11.1 Å². The number of halogens is 5. The third-order valence-electron chi connectivity index (χ3n) is 6.48. The van der Waals surface area contributed by atoms with Crippen LogP contribution in [0.15, 0.2) is 41.4 Å². The molecule has 2 aliphatic heterocycles. The maximum Gasteiger partial charge on any atom is 0.433 e. The lowest BCUT2D eigenvalue weighted by atomic mass is 9.97. The van der Waals surface area contributed by atoms with Crippen LogP contribution in [0.2, 0.25) is 0 Å². The van der Waals surface area contributed by atoms with Gasteiger partial charge in [-0.1, -0.05) is 0 Å². The van der Waals surface area contributed by atoms with Crippen LogP contribution in [0, 0.1) is 17.8 Å². The Morgan fingerprint density at radius 1 is 1.05 bits per heavy atom. The summed E-state index contributed by atoms with van der Waals surface area (Å²) in [6.45, 7) is 1.94. The van der Waals surface area contributed by atoms with Crippen molar-refractivity contribution in [2.24, 2.45) is 5.92 Å². The molecule has 2 fully saturated rings. The van der Waals surface area contributed by atoms with Crippen LogP contribution in [0.3, 0.4) is 0 Å². The molecule has 41 heavy (non-hydrogen) atoms. The Labute approximate surface area is 234 Å². The molecule has 214 valence electrons. The quantitative estimate of drug-likeness (QED) is 0.232. The number of rotatable bonds is 7. The van der Waals surface area contributed by atoms with Crippen molar-refractivity contribution in [3.05, 3.63) is 70.3 Å². The van der Waals surface area contributed by atoms with Gasteiger partial charge in [-0.25, -0.2) is 15.0 Å². The minimum Gasteiger partial charge on any atom is -0.341 e. The van der Waals surface area contributed by atoms with Gasteiger partial charge in [0, 0.05) is 43.5 Å². The van der Waals surface area contributed by atoms with Crippen LogP contribution in [0.5, 0.6) is 0 Å². The number of carbonyl (C=O) groups is 2. The molecule has 0 spiro atoms. The minimum atomic E-state index is -4.74. The van der Waals surface area contributed by atoms with E-state index in [1.54, 1.807) is 12.3 Å².